The molecular weight excluding hydrogens is 313 g/mol. The molecule has 0 aliphatic rings. The summed E-state index contributed by atoms with van der Waals surface area (Å²) < 4.78 is 5.56. The number of benzene rings is 1. The highest BCUT2D eigenvalue weighted by atomic mass is 35.5. The standard InChI is InChI=1S/C15H21Cl2NO3/c1-14(2,13(19)20)15(3,4)18-8-9-21-12-10(16)6-5-7-11(12)17/h5-7,18H,8-9H2,1-4H3,(H,19,20). The first-order chi connectivity index (χ1) is 9.59. The number of para-hydroxylation sites is 1. The average Bonchev–Trinajstić information content (AvgIpc) is 2.36. The third kappa shape index (κ3) is 4.25. The Hall–Kier alpha value is -0.970. The molecule has 0 amide bonds. The van der Waals surface area contributed by atoms with Crippen LogP contribution in [-0.4, -0.2) is 29.8 Å². The molecule has 0 saturated carbocycles. The van der Waals surface area contributed by atoms with E-state index in [1.54, 1.807) is 32.0 Å². The van der Waals surface area contributed by atoms with Crippen LogP contribution in [0.3, 0.4) is 0 Å². The second kappa shape index (κ2) is 6.86. The number of carboxylic acids is 1. The minimum atomic E-state index is -0.908. The molecule has 2 N–H and O–H groups in total. The fourth-order valence-electron chi connectivity index (χ4n) is 1.63. The molecule has 0 atom stereocenters. The molecule has 0 unspecified atom stereocenters. The van der Waals surface area contributed by atoms with Crippen LogP contribution in [0.25, 0.3) is 0 Å². The van der Waals surface area contributed by atoms with Crippen LogP contribution >= 0.6 is 23.2 Å². The van der Waals surface area contributed by atoms with Gasteiger partial charge in [0.15, 0.2) is 5.75 Å². The van der Waals surface area contributed by atoms with Crippen LogP contribution in [0.5, 0.6) is 5.75 Å². The van der Waals surface area contributed by atoms with E-state index in [4.69, 9.17) is 27.9 Å². The summed E-state index contributed by atoms with van der Waals surface area (Å²) in [6, 6.07) is 5.15. The molecule has 0 fully saturated rings. The summed E-state index contributed by atoms with van der Waals surface area (Å²) in [6.45, 7) is 7.89. The summed E-state index contributed by atoms with van der Waals surface area (Å²) in [7, 11) is 0. The van der Waals surface area contributed by atoms with Crippen LogP contribution in [0.1, 0.15) is 27.7 Å². The molecule has 0 heterocycles. The number of nitrogens with one attached hydrogen (secondary N) is 1. The third-order valence-corrected chi connectivity index (χ3v) is 4.53. The normalized spacial score (nSPS) is 12.3. The van der Waals surface area contributed by atoms with Crippen LogP contribution < -0.4 is 10.1 Å². The summed E-state index contributed by atoms with van der Waals surface area (Å²) >= 11 is 12.0. The molecule has 6 heteroatoms. The number of carbonyl (C=O) groups is 1. The molecule has 1 aromatic carbocycles. The SMILES string of the molecule is CC(C)(NCCOc1c(Cl)cccc1Cl)C(C)(C)C(=O)O. The monoisotopic (exact) mass is 333 g/mol. The second-order valence-electron chi connectivity index (χ2n) is 5.88. The maximum Gasteiger partial charge on any atom is 0.310 e. The van der Waals surface area contributed by atoms with Gasteiger partial charge in [0, 0.05) is 12.1 Å². The number of hydrogen-bond acceptors (Lipinski definition) is 3. The molecule has 0 aliphatic carbocycles. The Balaban J connectivity index is 2.56. The van der Waals surface area contributed by atoms with Crippen molar-refractivity contribution in [1.29, 1.82) is 0 Å². The summed E-state index contributed by atoms with van der Waals surface area (Å²) in [5, 5.41) is 13.4. The van der Waals surface area contributed by atoms with Crippen molar-refractivity contribution in [3.63, 3.8) is 0 Å². The first-order valence-electron chi connectivity index (χ1n) is 6.65. The quantitative estimate of drug-likeness (QED) is 0.744. The van der Waals surface area contributed by atoms with Gasteiger partial charge in [-0.25, -0.2) is 0 Å². The Morgan fingerprint density at radius 2 is 1.76 bits per heavy atom. The van der Waals surface area contributed by atoms with Crippen molar-refractivity contribution in [2.75, 3.05) is 13.2 Å². The molecule has 1 aromatic rings. The maximum absolute atomic E-state index is 11.3. The van der Waals surface area contributed by atoms with Gasteiger partial charge >= 0.3 is 5.97 Å². The van der Waals surface area contributed by atoms with E-state index in [1.165, 1.54) is 0 Å². The van der Waals surface area contributed by atoms with Gasteiger partial charge in [-0.05, 0) is 39.8 Å². The summed E-state index contributed by atoms with van der Waals surface area (Å²) in [6.07, 6.45) is 0. The van der Waals surface area contributed by atoms with Gasteiger partial charge in [-0.1, -0.05) is 29.3 Å². The van der Waals surface area contributed by atoms with Crippen molar-refractivity contribution in [2.45, 2.75) is 33.2 Å². The fourth-order valence-corrected chi connectivity index (χ4v) is 2.13. The van der Waals surface area contributed by atoms with E-state index in [1.807, 2.05) is 13.8 Å². The molecular formula is C15H21Cl2NO3. The first-order valence-corrected chi connectivity index (χ1v) is 7.40. The first kappa shape index (κ1) is 18.1. The Bertz CT molecular complexity index is 495. The van der Waals surface area contributed by atoms with Crippen molar-refractivity contribution in [3.8, 4) is 5.75 Å². The topological polar surface area (TPSA) is 58.6 Å². The van der Waals surface area contributed by atoms with Crippen LogP contribution in [-0.2, 0) is 4.79 Å². The molecule has 0 aliphatic heterocycles. The van der Waals surface area contributed by atoms with Crippen molar-refractivity contribution in [2.24, 2.45) is 5.41 Å². The lowest BCUT2D eigenvalue weighted by Gasteiger charge is -2.39. The fraction of sp³-hybridized carbons (Fsp3) is 0.533. The van der Waals surface area contributed by atoms with Gasteiger partial charge in [-0.3, -0.25) is 4.79 Å². The maximum atomic E-state index is 11.3. The second-order valence-corrected chi connectivity index (χ2v) is 6.70. The van der Waals surface area contributed by atoms with Gasteiger partial charge < -0.3 is 15.2 Å². The Morgan fingerprint density at radius 3 is 2.24 bits per heavy atom. The largest absolute Gasteiger partial charge is 0.489 e. The van der Waals surface area contributed by atoms with Crippen LogP contribution in [0.15, 0.2) is 18.2 Å². The number of hydrogen-bond donors (Lipinski definition) is 2. The van der Waals surface area contributed by atoms with Crippen molar-refractivity contribution in [1.82, 2.24) is 5.32 Å². The van der Waals surface area contributed by atoms with E-state index in [2.05, 4.69) is 5.32 Å². The Kier molecular flexibility index (Phi) is 5.91. The summed E-state index contributed by atoms with van der Waals surface area (Å²) in [5.41, 5.74) is -1.50. The van der Waals surface area contributed by atoms with Gasteiger partial charge in [0.1, 0.15) is 6.61 Å². The molecule has 21 heavy (non-hydrogen) atoms. The van der Waals surface area contributed by atoms with Crippen LogP contribution in [0, 0.1) is 5.41 Å². The lowest BCUT2D eigenvalue weighted by atomic mass is 9.74. The molecule has 0 bridgehead atoms. The van der Waals surface area contributed by atoms with E-state index in [-0.39, 0.29) is 0 Å². The molecule has 118 valence electrons. The third-order valence-electron chi connectivity index (χ3n) is 3.93. The summed E-state index contributed by atoms with van der Waals surface area (Å²) in [4.78, 5) is 11.3. The van der Waals surface area contributed by atoms with Crippen molar-refractivity contribution >= 4 is 29.2 Å². The number of aliphatic carboxylic acids is 1. The van der Waals surface area contributed by atoms with Gasteiger partial charge in [0.2, 0.25) is 0 Å². The van der Waals surface area contributed by atoms with Gasteiger partial charge in [-0.15, -0.1) is 0 Å². The predicted octanol–water partition coefficient (Wildman–Crippen LogP) is 3.85. The number of halogens is 2. The smallest absolute Gasteiger partial charge is 0.310 e. The highest BCUT2D eigenvalue weighted by Crippen LogP contribution is 2.33. The van der Waals surface area contributed by atoms with E-state index >= 15 is 0 Å². The van der Waals surface area contributed by atoms with E-state index in [9.17, 15) is 9.90 Å². The van der Waals surface area contributed by atoms with Crippen molar-refractivity contribution < 1.29 is 14.6 Å². The summed E-state index contributed by atoms with van der Waals surface area (Å²) in [5.74, 6) is -0.409. The molecule has 1 rings (SSSR count). The highest BCUT2D eigenvalue weighted by Gasteiger charge is 2.42. The number of carboxylic acid groups (broad SMARTS) is 1. The minimum absolute atomic E-state index is 0.336. The number of rotatable bonds is 7. The number of ether oxygens (including phenoxy) is 1. The average molecular weight is 334 g/mol. The zero-order chi connectivity index (χ0) is 16.3. The molecule has 0 saturated heterocycles. The minimum Gasteiger partial charge on any atom is -0.489 e. The van der Waals surface area contributed by atoms with Crippen molar-refractivity contribution in [3.05, 3.63) is 28.2 Å². The molecule has 0 aromatic heterocycles. The zero-order valence-electron chi connectivity index (χ0n) is 12.7. The van der Waals surface area contributed by atoms with E-state index < -0.39 is 16.9 Å². The van der Waals surface area contributed by atoms with E-state index in [0.29, 0.717) is 28.9 Å². The van der Waals surface area contributed by atoms with Crippen LogP contribution in [0.2, 0.25) is 10.0 Å². The lowest BCUT2D eigenvalue weighted by Crippen LogP contribution is -2.55. The molecule has 0 spiro atoms. The zero-order valence-corrected chi connectivity index (χ0v) is 14.2. The Morgan fingerprint density at radius 1 is 1.24 bits per heavy atom. The van der Waals surface area contributed by atoms with Gasteiger partial charge in [0.05, 0.1) is 15.5 Å². The predicted molar refractivity (Wildman–Crippen MR) is 85.5 cm³/mol. The molecule has 0 radical (unpaired) electrons. The molecule has 4 nitrogen and oxygen atoms in total. The van der Waals surface area contributed by atoms with Gasteiger partial charge in [-0.2, -0.15) is 0 Å². The Labute approximate surface area is 135 Å². The van der Waals surface area contributed by atoms with E-state index in [0.717, 1.165) is 0 Å². The van der Waals surface area contributed by atoms with Gasteiger partial charge in [0.25, 0.3) is 0 Å². The highest BCUT2D eigenvalue weighted by molar-refractivity contribution is 6.37. The lowest BCUT2D eigenvalue weighted by molar-refractivity contribution is -0.151. The van der Waals surface area contributed by atoms with Crippen LogP contribution in [0.4, 0.5) is 0 Å².